The minimum atomic E-state index is -4.04. The van der Waals surface area contributed by atoms with Crippen molar-refractivity contribution in [2.45, 2.75) is 11.0 Å². The Morgan fingerprint density at radius 2 is 1.43 bits per heavy atom. The van der Waals surface area contributed by atoms with Crippen molar-refractivity contribution in [3.8, 4) is 0 Å². The third-order valence-corrected chi connectivity index (χ3v) is 6.99. The summed E-state index contributed by atoms with van der Waals surface area (Å²) in [5.74, 6) is -2.51. The van der Waals surface area contributed by atoms with Crippen molar-refractivity contribution in [3.63, 3.8) is 0 Å². The molecule has 1 amide bonds. The van der Waals surface area contributed by atoms with Crippen molar-refractivity contribution in [3.05, 3.63) is 100 Å². The number of carbonyl (C=O) groups excluding carboxylic acids is 2. The predicted molar refractivity (Wildman–Crippen MR) is 118 cm³/mol. The van der Waals surface area contributed by atoms with Gasteiger partial charge in [-0.2, -0.15) is 0 Å². The van der Waals surface area contributed by atoms with Crippen LogP contribution in [0.15, 0.2) is 78.9 Å². The number of hydrogen-bond acceptors (Lipinski definition) is 4. The molecule has 5 nitrogen and oxygen atoms in total. The molecule has 8 heteroatoms. The van der Waals surface area contributed by atoms with E-state index in [-0.39, 0.29) is 27.0 Å². The van der Waals surface area contributed by atoms with Crippen LogP contribution in [0.3, 0.4) is 0 Å². The van der Waals surface area contributed by atoms with Gasteiger partial charge in [-0.25, -0.2) is 8.42 Å². The zero-order valence-electron chi connectivity index (χ0n) is 15.6. The molecule has 0 aliphatic heterocycles. The second-order valence-corrected chi connectivity index (χ2v) is 9.43. The van der Waals surface area contributed by atoms with Crippen LogP contribution in [0.25, 0.3) is 0 Å². The van der Waals surface area contributed by atoms with Gasteiger partial charge in [0, 0.05) is 5.69 Å². The maximum atomic E-state index is 13.2. The zero-order valence-corrected chi connectivity index (χ0v) is 17.9. The molecule has 0 aliphatic rings. The van der Waals surface area contributed by atoms with E-state index in [2.05, 4.69) is 5.32 Å². The van der Waals surface area contributed by atoms with Gasteiger partial charge >= 0.3 is 0 Å². The average molecular weight is 462 g/mol. The summed E-state index contributed by atoms with van der Waals surface area (Å²) in [4.78, 5) is 25.6. The lowest BCUT2D eigenvalue weighted by Crippen LogP contribution is -2.33. The normalized spacial score (nSPS) is 12.2. The molecule has 0 heterocycles. The second kappa shape index (κ2) is 9.43. The van der Waals surface area contributed by atoms with Crippen LogP contribution in [0.1, 0.15) is 16.4 Å². The Bertz CT molecular complexity index is 1170. The molecule has 0 radical (unpaired) electrons. The Hall–Kier alpha value is -2.67. The lowest BCUT2D eigenvalue weighted by Gasteiger charge is -2.17. The first-order valence-corrected chi connectivity index (χ1v) is 11.4. The van der Waals surface area contributed by atoms with E-state index in [0.29, 0.717) is 5.56 Å². The quantitative estimate of drug-likeness (QED) is 0.509. The molecule has 0 spiro atoms. The van der Waals surface area contributed by atoms with E-state index < -0.39 is 26.8 Å². The van der Waals surface area contributed by atoms with Gasteiger partial charge < -0.3 is 5.32 Å². The summed E-state index contributed by atoms with van der Waals surface area (Å²) < 4.78 is 26.3. The van der Waals surface area contributed by atoms with Gasteiger partial charge in [-0.05, 0) is 29.3 Å². The maximum Gasteiger partial charge on any atom is 0.293 e. The predicted octanol–water partition coefficient (Wildman–Crippen LogP) is 4.86. The highest BCUT2D eigenvalue weighted by Crippen LogP contribution is 2.29. The fraction of sp³-hybridized carbons (Fsp3) is 0.0909. The lowest BCUT2D eigenvalue weighted by atomic mass is 10.1. The number of anilines is 1. The van der Waals surface area contributed by atoms with Crippen LogP contribution in [-0.4, -0.2) is 20.1 Å². The van der Waals surface area contributed by atoms with Gasteiger partial charge in [-0.15, -0.1) is 0 Å². The third kappa shape index (κ3) is 5.27. The number of halogens is 2. The smallest absolute Gasteiger partial charge is 0.293 e. The summed E-state index contributed by atoms with van der Waals surface area (Å²) in [7, 11) is -4.04. The molecule has 3 aromatic rings. The number of benzene rings is 3. The second-order valence-electron chi connectivity index (χ2n) is 6.53. The number of carbonyl (C=O) groups is 2. The van der Waals surface area contributed by atoms with Crippen molar-refractivity contribution < 1.29 is 18.0 Å². The summed E-state index contributed by atoms with van der Waals surface area (Å²) in [6, 6.07) is 20.8. The largest absolute Gasteiger partial charge is 0.319 e. The van der Waals surface area contributed by atoms with Gasteiger partial charge in [0.1, 0.15) is 0 Å². The molecular weight excluding hydrogens is 445 g/mol. The fourth-order valence-corrected chi connectivity index (χ4v) is 5.05. The Balaban J connectivity index is 1.92. The first kappa shape index (κ1) is 22.0. The third-order valence-electron chi connectivity index (χ3n) is 4.31. The van der Waals surface area contributed by atoms with Gasteiger partial charge in [0.05, 0.1) is 15.8 Å². The summed E-state index contributed by atoms with van der Waals surface area (Å²) in [5.41, 5.74) is 0.980. The van der Waals surface area contributed by atoms with E-state index in [1.807, 2.05) is 0 Å². The highest BCUT2D eigenvalue weighted by atomic mass is 35.5. The highest BCUT2D eigenvalue weighted by molar-refractivity contribution is 7.91. The summed E-state index contributed by atoms with van der Waals surface area (Å²) in [6.45, 7) is 0. The van der Waals surface area contributed by atoms with Crippen molar-refractivity contribution in [2.24, 2.45) is 0 Å². The molecular formula is C22H17Cl2NO4S. The lowest BCUT2D eigenvalue weighted by molar-refractivity contribution is -0.134. The van der Waals surface area contributed by atoms with Gasteiger partial charge in [0.2, 0.25) is 5.78 Å². The molecule has 3 rings (SSSR count). The molecule has 0 saturated heterocycles. The first-order chi connectivity index (χ1) is 14.3. The maximum absolute atomic E-state index is 13.2. The number of amides is 1. The first-order valence-electron chi connectivity index (χ1n) is 8.88. The number of ketones is 1. The Labute approximate surface area is 184 Å². The molecule has 0 saturated carbocycles. The molecule has 0 aliphatic carbocycles. The van der Waals surface area contributed by atoms with Gasteiger partial charge in [-0.1, -0.05) is 83.9 Å². The van der Waals surface area contributed by atoms with Crippen molar-refractivity contribution in [2.75, 3.05) is 5.32 Å². The Morgan fingerprint density at radius 3 is 2.03 bits per heavy atom. The van der Waals surface area contributed by atoms with Crippen molar-refractivity contribution >= 4 is 50.4 Å². The van der Waals surface area contributed by atoms with E-state index >= 15 is 0 Å². The molecule has 1 N–H and O–H groups in total. The molecule has 0 unspecified atom stereocenters. The standard InChI is InChI=1S/C22H17Cl2NO4S/c23-18-12-11-17(13-19(18)24)25-22(27)20(26)21(16-9-5-2-6-10-16)30(28,29)14-15-7-3-1-4-8-15/h1-13,21H,14H2,(H,25,27)/t21-/m1/s1. The van der Waals surface area contributed by atoms with E-state index in [1.54, 1.807) is 48.5 Å². The van der Waals surface area contributed by atoms with Crippen molar-refractivity contribution in [1.82, 2.24) is 0 Å². The minimum Gasteiger partial charge on any atom is -0.319 e. The SMILES string of the molecule is O=C(Nc1ccc(Cl)c(Cl)c1)C(=O)[C@@H](c1ccccc1)S(=O)(=O)Cc1ccccc1. The topological polar surface area (TPSA) is 80.3 Å². The number of nitrogens with one attached hydrogen (secondary N) is 1. The van der Waals surface area contributed by atoms with Crippen LogP contribution < -0.4 is 5.32 Å². The van der Waals surface area contributed by atoms with Crippen LogP contribution in [-0.2, 0) is 25.2 Å². The van der Waals surface area contributed by atoms with Crippen LogP contribution in [0, 0.1) is 0 Å². The molecule has 0 aromatic heterocycles. The van der Waals surface area contributed by atoms with E-state index in [1.165, 1.54) is 30.3 Å². The molecule has 0 bridgehead atoms. The van der Waals surface area contributed by atoms with Gasteiger partial charge in [0.15, 0.2) is 15.1 Å². The van der Waals surface area contributed by atoms with Gasteiger partial charge in [0.25, 0.3) is 5.91 Å². The Morgan fingerprint density at radius 1 is 0.833 bits per heavy atom. The molecule has 154 valence electrons. The van der Waals surface area contributed by atoms with Crippen LogP contribution >= 0.6 is 23.2 Å². The minimum absolute atomic E-state index is 0.193. The molecule has 0 fully saturated rings. The van der Waals surface area contributed by atoms with E-state index in [0.717, 1.165) is 0 Å². The van der Waals surface area contributed by atoms with Crippen LogP contribution in [0.4, 0.5) is 5.69 Å². The Kier molecular flexibility index (Phi) is 6.92. The highest BCUT2D eigenvalue weighted by Gasteiger charge is 2.38. The van der Waals surface area contributed by atoms with E-state index in [9.17, 15) is 18.0 Å². The number of sulfone groups is 1. The number of rotatable bonds is 7. The summed E-state index contributed by atoms with van der Waals surface area (Å²) in [5, 5.41) is 1.24. The monoisotopic (exact) mass is 461 g/mol. The summed E-state index contributed by atoms with van der Waals surface area (Å²) >= 11 is 11.8. The average Bonchev–Trinajstić information content (AvgIpc) is 2.72. The number of Topliss-reactive ketones (excluding diaryl/α,β-unsaturated/α-hetero) is 1. The molecule has 3 aromatic carbocycles. The van der Waals surface area contributed by atoms with Gasteiger partial charge in [-0.3, -0.25) is 9.59 Å². The van der Waals surface area contributed by atoms with Crippen molar-refractivity contribution in [1.29, 1.82) is 0 Å². The fourth-order valence-electron chi connectivity index (χ4n) is 2.93. The van der Waals surface area contributed by atoms with E-state index in [4.69, 9.17) is 23.2 Å². The molecule has 30 heavy (non-hydrogen) atoms. The number of hydrogen-bond donors (Lipinski definition) is 1. The van der Waals surface area contributed by atoms with Crippen LogP contribution in [0.2, 0.25) is 10.0 Å². The molecule has 1 atom stereocenters. The van der Waals surface area contributed by atoms with Crippen LogP contribution in [0.5, 0.6) is 0 Å². The summed E-state index contributed by atoms with van der Waals surface area (Å²) in [6.07, 6.45) is 0. The zero-order chi connectivity index (χ0) is 21.7.